The molecule has 1 amide bonds. The van der Waals surface area contributed by atoms with Gasteiger partial charge >= 0.3 is 0 Å². The second-order valence-corrected chi connectivity index (χ2v) is 9.25. The summed E-state index contributed by atoms with van der Waals surface area (Å²) in [6.45, 7) is 0.366. The maximum absolute atomic E-state index is 13.0. The minimum absolute atomic E-state index is 0.00594. The highest BCUT2D eigenvalue weighted by atomic mass is 32.2. The van der Waals surface area contributed by atoms with Crippen molar-refractivity contribution in [3.63, 3.8) is 0 Å². The molecule has 0 saturated carbocycles. The Bertz CT molecular complexity index is 1110. The summed E-state index contributed by atoms with van der Waals surface area (Å²) in [6, 6.07) is 10.8. The number of halogens is 1. The van der Waals surface area contributed by atoms with Crippen molar-refractivity contribution in [2.75, 3.05) is 18.1 Å². The lowest BCUT2D eigenvalue weighted by molar-refractivity contribution is 0.0948. The molecule has 1 fully saturated rings. The summed E-state index contributed by atoms with van der Waals surface area (Å²) in [5.74, 6) is -0.0445. The number of carbonyl (C=O) groups excluding carboxylic acids is 1. The maximum Gasteiger partial charge on any atom is 0.271 e. The standard InChI is InChI=1S/C20H20FN3O4S/c21-15-5-3-14(4-6-15)7-9-22-20(25)17-12-18(19-2-1-10-28-19)24(23-17)16-8-11-29(26,27)13-16/h1-6,10,12,16H,7-9,11,13H2,(H,22,25). The van der Waals surface area contributed by atoms with Gasteiger partial charge in [0.1, 0.15) is 11.5 Å². The van der Waals surface area contributed by atoms with Crippen LogP contribution in [-0.2, 0) is 16.3 Å². The zero-order valence-corrected chi connectivity index (χ0v) is 16.4. The lowest BCUT2D eigenvalue weighted by atomic mass is 10.1. The molecule has 152 valence electrons. The van der Waals surface area contributed by atoms with Crippen LogP contribution >= 0.6 is 0 Å². The second kappa shape index (κ2) is 7.82. The number of amides is 1. The number of nitrogens with zero attached hydrogens (tertiary/aromatic N) is 2. The Morgan fingerprint density at radius 3 is 2.72 bits per heavy atom. The van der Waals surface area contributed by atoms with Crippen LogP contribution in [0.15, 0.2) is 53.1 Å². The number of furan rings is 1. The van der Waals surface area contributed by atoms with Crippen molar-refractivity contribution in [1.29, 1.82) is 0 Å². The van der Waals surface area contributed by atoms with Gasteiger partial charge in [-0.25, -0.2) is 12.8 Å². The molecule has 3 heterocycles. The molecular formula is C20H20FN3O4S. The monoisotopic (exact) mass is 417 g/mol. The van der Waals surface area contributed by atoms with Crippen LogP contribution < -0.4 is 5.32 Å². The zero-order valence-electron chi connectivity index (χ0n) is 15.5. The first-order valence-corrected chi connectivity index (χ1v) is 11.1. The molecule has 1 N–H and O–H groups in total. The summed E-state index contributed by atoms with van der Waals surface area (Å²) >= 11 is 0. The largest absolute Gasteiger partial charge is 0.463 e. The fourth-order valence-electron chi connectivity index (χ4n) is 3.42. The van der Waals surface area contributed by atoms with Crippen LogP contribution in [0.5, 0.6) is 0 Å². The van der Waals surface area contributed by atoms with E-state index in [4.69, 9.17) is 4.42 Å². The van der Waals surface area contributed by atoms with Crippen molar-refractivity contribution < 1.29 is 22.0 Å². The predicted octanol–water partition coefficient (Wildman–Crippen LogP) is 2.61. The van der Waals surface area contributed by atoms with Crippen molar-refractivity contribution in [1.82, 2.24) is 15.1 Å². The van der Waals surface area contributed by atoms with Crippen LogP contribution in [0.2, 0.25) is 0 Å². The van der Waals surface area contributed by atoms with Gasteiger partial charge in [0.25, 0.3) is 5.91 Å². The van der Waals surface area contributed by atoms with Gasteiger partial charge in [0.05, 0.1) is 23.8 Å². The molecule has 4 rings (SSSR count). The normalized spacial score (nSPS) is 18.0. The van der Waals surface area contributed by atoms with Crippen LogP contribution in [0.4, 0.5) is 4.39 Å². The van der Waals surface area contributed by atoms with Gasteiger partial charge in [-0.2, -0.15) is 5.10 Å². The molecule has 1 saturated heterocycles. The number of hydrogen-bond acceptors (Lipinski definition) is 5. The average molecular weight is 417 g/mol. The summed E-state index contributed by atoms with van der Waals surface area (Å²) in [5.41, 5.74) is 1.67. The van der Waals surface area contributed by atoms with E-state index in [0.717, 1.165) is 5.56 Å². The van der Waals surface area contributed by atoms with E-state index >= 15 is 0 Å². The smallest absolute Gasteiger partial charge is 0.271 e. The predicted molar refractivity (Wildman–Crippen MR) is 105 cm³/mol. The number of aromatic nitrogens is 2. The lowest BCUT2D eigenvalue weighted by Crippen LogP contribution is -2.26. The van der Waals surface area contributed by atoms with E-state index in [1.165, 1.54) is 18.4 Å². The van der Waals surface area contributed by atoms with Crippen molar-refractivity contribution >= 4 is 15.7 Å². The molecule has 29 heavy (non-hydrogen) atoms. The summed E-state index contributed by atoms with van der Waals surface area (Å²) in [5, 5.41) is 7.18. The van der Waals surface area contributed by atoms with Crippen molar-refractivity contribution in [2.45, 2.75) is 18.9 Å². The molecule has 0 bridgehead atoms. The zero-order chi connectivity index (χ0) is 20.4. The molecule has 1 aliphatic heterocycles. The molecule has 7 nitrogen and oxygen atoms in total. The van der Waals surface area contributed by atoms with E-state index in [1.807, 2.05) is 0 Å². The fourth-order valence-corrected chi connectivity index (χ4v) is 5.11. The third-order valence-corrected chi connectivity index (χ3v) is 6.66. The first-order valence-electron chi connectivity index (χ1n) is 9.28. The topological polar surface area (TPSA) is 94.2 Å². The lowest BCUT2D eigenvalue weighted by Gasteiger charge is -2.11. The molecule has 0 aliphatic carbocycles. The number of sulfone groups is 1. The second-order valence-electron chi connectivity index (χ2n) is 7.03. The van der Waals surface area contributed by atoms with Gasteiger partial charge in [0.2, 0.25) is 0 Å². The Labute approximate surface area is 167 Å². The highest BCUT2D eigenvalue weighted by Crippen LogP contribution is 2.30. The summed E-state index contributed by atoms with van der Waals surface area (Å²) in [4.78, 5) is 12.6. The Morgan fingerprint density at radius 2 is 2.07 bits per heavy atom. The fraction of sp³-hybridized carbons (Fsp3) is 0.300. The van der Waals surface area contributed by atoms with Gasteiger partial charge in [0.15, 0.2) is 21.3 Å². The number of benzene rings is 1. The summed E-state index contributed by atoms with van der Waals surface area (Å²) in [7, 11) is -3.11. The van der Waals surface area contributed by atoms with Gasteiger partial charge in [0, 0.05) is 12.6 Å². The van der Waals surface area contributed by atoms with Gasteiger partial charge in [-0.05, 0) is 42.7 Å². The highest BCUT2D eigenvalue weighted by Gasteiger charge is 2.32. The molecular weight excluding hydrogens is 397 g/mol. The molecule has 1 aromatic carbocycles. The molecule has 9 heteroatoms. The Kier molecular flexibility index (Phi) is 5.23. The Morgan fingerprint density at radius 1 is 1.28 bits per heavy atom. The molecule has 2 aromatic heterocycles. The Hall–Kier alpha value is -2.94. The summed E-state index contributed by atoms with van der Waals surface area (Å²) in [6.07, 6.45) is 2.52. The maximum atomic E-state index is 13.0. The third-order valence-electron chi connectivity index (χ3n) is 4.91. The van der Waals surface area contributed by atoms with Gasteiger partial charge < -0.3 is 9.73 Å². The molecule has 0 radical (unpaired) electrons. The first-order chi connectivity index (χ1) is 13.9. The van der Waals surface area contributed by atoms with Gasteiger partial charge in [-0.3, -0.25) is 9.48 Å². The minimum Gasteiger partial charge on any atom is -0.463 e. The van der Waals surface area contributed by atoms with Gasteiger partial charge in [-0.1, -0.05) is 12.1 Å². The van der Waals surface area contributed by atoms with Crippen LogP contribution in [0, 0.1) is 5.82 Å². The quantitative estimate of drug-likeness (QED) is 0.665. The van der Waals surface area contributed by atoms with Crippen LogP contribution in [-0.4, -0.2) is 42.2 Å². The minimum atomic E-state index is -3.11. The van der Waals surface area contributed by atoms with Crippen LogP contribution in [0.3, 0.4) is 0 Å². The third kappa shape index (κ3) is 4.40. The van der Waals surface area contributed by atoms with E-state index in [0.29, 0.717) is 30.8 Å². The van der Waals surface area contributed by atoms with E-state index in [9.17, 15) is 17.6 Å². The van der Waals surface area contributed by atoms with Crippen molar-refractivity contribution in [3.05, 3.63) is 65.8 Å². The van der Waals surface area contributed by atoms with E-state index in [-0.39, 0.29) is 35.0 Å². The highest BCUT2D eigenvalue weighted by molar-refractivity contribution is 7.91. The molecule has 1 atom stereocenters. The van der Waals surface area contributed by atoms with Crippen molar-refractivity contribution in [2.24, 2.45) is 0 Å². The number of nitrogens with one attached hydrogen (secondary N) is 1. The average Bonchev–Trinajstić information content (AvgIpc) is 3.41. The summed E-state index contributed by atoms with van der Waals surface area (Å²) < 4.78 is 43.8. The Balaban J connectivity index is 1.50. The van der Waals surface area contributed by atoms with Crippen LogP contribution in [0.25, 0.3) is 11.5 Å². The number of hydrogen-bond donors (Lipinski definition) is 1. The molecule has 1 aliphatic rings. The molecule has 1 unspecified atom stereocenters. The number of carbonyl (C=O) groups is 1. The van der Waals surface area contributed by atoms with Gasteiger partial charge in [-0.15, -0.1) is 0 Å². The van der Waals surface area contributed by atoms with Crippen molar-refractivity contribution in [3.8, 4) is 11.5 Å². The number of rotatable bonds is 6. The van der Waals surface area contributed by atoms with E-state index in [1.54, 1.807) is 35.0 Å². The van der Waals surface area contributed by atoms with E-state index in [2.05, 4.69) is 10.4 Å². The molecule has 3 aromatic rings. The molecule has 0 spiro atoms. The van der Waals surface area contributed by atoms with E-state index < -0.39 is 9.84 Å². The van der Waals surface area contributed by atoms with Crippen LogP contribution in [0.1, 0.15) is 28.5 Å². The SMILES string of the molecule is O=C(NCCc1ccc(F)cc1)c1cc(-c2ccco2)n(C2CCS(=O)(=O)C2)n1. The first kappa shape index (κ1) is 19.4.